The molecule has 9 heteroatoms. The number of carbonyl (C=O) groups excluding carboxylic acids is 2. The summed E-state index contributed by atoms with van der Waals surface area (Å²) >= 11 is 0. The molecule has 1 heterocycles. The number of benzene rings is 3. The second-order valence-corrected chi connectivity index (χ2v) is 8.18. The summed E-state index contributed by atoms with van der Waals surface area (Å²) in [4.78, 5) is 24.1. The molecule has 4 rings (SSSR count). The predicted molar refractivity (Wildman–Crippen MR) is 112 cm³/mol. The highest BCUT2D eigenvalue weighted by Crippen LogP contribution is 2.30. The van der Waals surface area contributed by atoms with E-state index in [1.807, 2.05) is 0 Å². The van der Waals surface area contributed by atoms with Gasteiger partial charge in [0.25, 0.3) is 21.8 Å². The number of sulfonamides is 1. The molecule has 0 unspecified atom stereocenters. The van der Waals surface area contributed by atoms with Crippen LogP contribution in [0.1, 0.15) is 10.4 Å². The maximum absolute atomic E-state index is 12.5. The van der Waals surface area contributed by atoms with Crippen LogP contribution >= 0.6 is 0 Å². The van der Waals surface area contributed by atoms with Crippen LogP contribution in [0.4, 0.5) is 17.1 Å². The predicted octanol–water partition coefficient (Wildman–Crippen LogP) is 3.07. The molecule has 30 heavy (non-hydrogen) atoms. The summed E-state index contributed by atoms with van der Waals surface area (Å²) < 4.78 is 32.5. The zero-order valence-corrected chi connectivity index (χ0v) is 16.4. The number of hydrogen-bond acceptors (Lipinski definition) is 5. The van der Waals surface area contributed by atoms with Gasteiger partial charge < -0.3 is 15.4 Å². The number of carbonyl (C=O) groups is 2. The Bertz CT molecular complexity index is 1210. The lowest BCUT2D eigenvalue weighted by Crippen LogP contribution is -2.25. The normalized spacial score (nSPS) is 12.9. The maximum Gasteiger partial charge on any atom is 0.262 e. The highest BCUT2D eigenvalue weighted by Gasteiger charge is 2.17. The zero-order valence-electron chi connectivity index (χ0n) is 15.6. The van der Waals surface area contributed by atoms with Crippen LogP contribution in [0, 0.1) is 0 Å². The molecule has 8 nitrogen and oxygen atoms in total. The van der Waals surface area contributed by atoms with Crippen LogP contribution in [0.15, 0.2) is 77.7 Å². The minimum Gasteiger partial charge on any atom is -0.482 e. The number of fused-ring (bicyclic) bond motifs is 1. The topological polar surface area (TPSA) is 114 Å². The number of hydrogen-bond donors (Lipinski definition) is 3. The fourth-order valence-electron chi connectivity index (χ4n) is 2.87. The van der Waals surface area contributed by atoms with E-state index in [9.17, 15) is 18.0 Å². The summed E-state index contributed by atoms with van der Waals surface area (Å²) in [6.45, 7) is -0.0426. The van der Waals surface area contributed by atoms with Crippen molar-refractivity contribution in [2.45, 2.75) is 4.90 Å². The average Bonchev–Trinajstić information content (AvgIpc) is 2.74. The third-order valence-electron chi connectivity index (χ3n) is 4.32. The summed E-state index contributed by atoms with van der Waals surface area (Å²) in [5, 5.41) is 5.41. The molecule has 3 N–H and O–H groups in total. The Morgan fingerprint density at radius 2 is 1.63 bits per heavy atom. The largest absolute Gasteiger partial charge is 0.482 e. The quantitative estimate of drug-likeness (QED) is 0.584. The van der Waals surface area contributed by atoms with Crippen LogP contribution in [-0.4, -0.2) is 26.8 Å². The van der Waals surface area contributed by atoms with Gasteiger partial charge in [-0.2, -0.15) is 0 Å². The van der Waals surface area contributed by atoms with Gasteiger partial charge in [-0.25, -0.2) is 8.42 Å². The number of nitrogens with one attached hydrogen (secondary N) is 3. The van der Waals surface area contributed by atoms with Crippen molar-refractivity contribution in [1.29, 1.82) is 0 Å². The fraction of sp³-hybridized carbons (Fsp3) is 0.0476. The molecule has 1 aliphatic rings. The van der Waals surface area contributed by atoms with E-state index in [2.05, 4.69) is 15.4 Å². The molecule has 0 radical (unpaired) electrons. The lowest BCUT2D eigenvalue weighted by molar-refractivity contribution is -0.118. The molecule has 0 spiro atoms. The molecular weight excluding hydrogens is 406 g/mol. The van der Waals surface area contributed by atoms with Gasteiger partial charge in [0.2, 0.25) is 0 Å². The first-order valence-corrected chi connectivity index (χ1v) is 10.4. The van der Waals surface area contributed by atoms with E-state index in [1.54, 1.807) is 36.4 Å². The van der Waals surface area contributed by atoms with Crippen molar-refractivity contribution in [3.63, 3.8) is 0 Å². The lowest BCUT2D eigenvalue weighted by atomic mass is 10.2. The van der Waals surface area contributed by atoms with E-state index in [4.69, 9.17) is 4.74 Å². The first kappa shape index (κ1) is 19.5. The number of amides is 2. The van der Waals surface area contributed by atoms with Gasteiger partial charge in [0.15, 0.2) is 6.61 Å². The Morgan fingerprint density at radius 1 is 0.933 bits per heavy atom. The van der Waals surface area contributed by atoms with E-state index in [0.717, 1.165) is 0 Å². The number of anilines is 3. The van der Waals surface area contributed by atoms with Crippen molar-refractivity contribution in [2.24, 2.45) is 0 Å². The molecule has 0 aromatic heterocycles. The first-order valence-electron chi connectivity index (χ1n) is 8.97. The minimum absolute atomic E-state index is 0.0426. The lowest BCUT2D eigenvalue weighted by Gasteiger charge is -2.18. The molecule has 0 aliphatic carbocycles. The third-order valence-corrected chi connectivity index (χ3v) is 5.72. The van der Waals surface area contributed by atoms with Crippen molar-refractivity contribution in [3.05, 3.63) is 78.4 Å². The smallest absolute Gasteiger partial charge is 0.262 e. The van der Waals surface area contributed by atoms with E-state index in [-0.39, 0.29) is 23.3 Å². The molecule has 0 saturated carbocycles. The van der Waals surface area contributed by atoms with Gasteiger partial charge in [-0.05, 0) is 54.6 Å². The number of ether oxygens (including phenoxy) is 1. The summed E-state index contributed by atoms with van der Waals surface area (Å²) in [7, 11) is -3.71. The van der Waals surface area contributed by atoms with Gasteiger partial charge in [-0.1, -0.05) is 18.2 Å². The first-order chi connectivity index (χ1) is 14.4. The summed E-state index contributed by atoms with van der Waals surface area (Å²) in [5.41, 5.74) is 1.65. The van der Waals surface area contributed by atoms with E-state index >= 15 is 0 Å². The Balaban J connectivity index is 1.45. The second-order valence-electron chi connectivity index (χ2n) is 6.50. The Morgan fingerprint density at radius 3 is 2.37 bits per heavy atom. The van der Waals surface area contributed by atoms with Gasteiger partial charge >= 0.3 is 0 Å². The highest BCUT2D eigenvalue weighted by atomic mass is 32.2. The molecule has 0 saturated heterocycles. The maximum atomic E-state index is 12.5. The molecule has 3 aromatic carbocycles. The molecule has 3 aromatic rings. The third kappa shape index (κ3) is 4.26. The van der Waals surface area contributed by atoms with Crippen molar-refractivity contribution >= 4 is 38.9 Å². The Hall–Kier alpha value is -3.85. The van der Waals surface area contributed by atoms with E-state index < -0.39 is 10.0 Å². The molecule has 0 bridgehead atoms. The van der Waals surface area contributed by atoms with Crippen LogP contribution in [0.5, 0.6) is 5.75 Å². The molecular formula is C21H17N3O5S. The molecule has 2 amide bonds. The van der Waals surface area contributed by atoms with Gasteiger partial charge in [-0.15, -0.1) is 0 Å². The number of rotatable bonds is 5. The van der Waals surface area contributed by atoms with Crippen molar-refractivity contribution in [3.8, 4) is 5.75 Å². The average molecular weight is 423 g/mol. The second kappa shape index (κ2) is 7.88. The minimum atomic E-state index is -3.71. The molecule has 1 aliphatic heterocycles. The van der Waals surface area contributed by atoms with Gasteiger partial charge in [0.1, 0.15) is 5.75 Å². The Labute approximate surface area is 172 Å². The van der Waals surface area contributed by atoms with E-state index in [1.165, 1.54) is 36.4 Å². The van der Waals surface area contributed by atoms with Crippen LogP contribution in [-0.2, 0) is 14.8 Å². The van der Waals surface area contributed by atoms with Gasteiger partial charge in [0, 0.05) is 16.9 Å². The highest BCUT2D eigenvalue weighted by molar-refractivity contribution is 7.92. The van der Waals surface area contributed by atoms with Crippen LogP contribution in [0.2, 0.25) is 0 Å². The fourth-order valence-corrected chi connectivity index (χ4v) is 3.95. The SMILES string of the molecule is O=C1COc2ccc(NC(=O)c3ccc(NS(=O)(=O)c4ccccc4)cc3)cc2N1. The molecule has 0 atom stereocenters. The standard InChI is InChI=1S/C21H17N3O5S/c25-20-13-29-19-11-10-16(12-18(19)23-20)22-21(26)14-6-8-15(9-7-14)24-30(27,28)17-4-2-1-3-5-17/h1-12,24H,13H2,(H,22,26)(H,23,25). The van der Waals surface area contributed by atoms with Crippen LogP contribution in [0.25, 0.3) is 0 Å². The molecule has 0 fully saturated rings. The van der Waals surface area contributed by atoms with E-state index in [0.29, 0.717) is 28.4 Å². The van der Waals surface area contributed by atoms with Crippen LogP contribution in [0.3, 0.4) is 0 Å². The van der Waals surface area contributed by atoms with Gasteiger partial charge in [-0.3, -0.25) is 14.3 Å². The zero-order chi connectivity index (χ0) is 21.1. The monoisotopic (exact) mass is 423 g/mol. The van der Waals surface area contributed by atoms with Gasteiger partial charge in [0.05, 0.1) is 10.6 Å². The summed E-state index contributed by atoms with van der Waals surface area (Å²) in [6.07, 6.45) is 0. The van der Waals surface area contributed by atoms with Crippen molar-refractivity contribution in [2.75, 3.05) is 22.0 Å². The summed E-state index contributed by atoms with van der Waals surface area (Å²) in [6, 6.07) is 19.0. The van der Waals surface area contributed by atoms with Crippen molar-refractivity contribution in [1.82, 2.24) is 0 Å². The summed E-state index contributed by atoms with van der Waals surface area (Å²) in [5.74, 6) is -0.113. The molecule has 152 valence electrons. The Kier molecular flexibility index (Phi) is 5.11. The van der Waals surface area contributed by atoms with Crippen LogP contribution < -0.4 is 20.1 Å². The van der Waals surface area contributed by atoms with Crippen molar-refractivity contribution < 1.29 is 22.7 Å².